The number of rotatable bonds is 10. The van der Waals surface area contributed by atoms with Gasteiger partial charge in [0, 0.05) is 19.2 Å². The van der Waals surface area contributed by atoms with E-state index in [1.54, 1.807) is 0 Å². The molecule has 1 aromatic heterocycles. The van der Waals surface area contributed by atoms with Crippen molar-refractivity contribution in [3.63, 3.8) is 0 Å². The summed E-state index contributed by atoms with van der Waals surface area (Å²) in [6, 6.07) is 8.17. The summed E-state index contributed by atoms with van der Waals surface area (Å²) in [6.07, 6.45) is 4.82. The molecule has 1 fully saturated rings. The fourth-order valence-corrected chi connectivity index (χ4v) is 2.76. The van der Waals surface area contributed by atoms with Crippen molar-refractivity contribution in [3.8, 4) is 5.75 Å². The van der Waals surface area contributed by atoms with E-state index < -0.39 is 0 Å². The third-order valence-electron chi connectivity index (χ3n) is 4.97. The number of aryl methyl sites for hydroxylation is 1. The topological polar surface area (TPSA) is 76.4 Å². The van der Waals surface area contributed by atoms with E-state index in [0.717, 1.165) is 60.8 Å². The predicted octanol–water partition coefficient (Wildman–Crippen LogP) is 2.95. The van der Waals surface area contributed by atoms with E-state index >= 15 is 0 Å². The standard InChI is InChI=1S/C21H32N6O/c1-4-5-12-22-21(24-14-20-26-25-16(2)27(20)3)23-13-18-8-6-7-9-19(18)28-15-17-10-11-17/h6-9,17H,4-5,10-15H2,1-3H3,(H2,22,23,24). The molecule has 1 aliphatic carbocycles. The molecule has 7 nitrogen and oxygen atoms in total. The third-order valence-corrected chi connectivity index (χ3v) is 4.97. The highest BCUT2D eigenvalue weighted by molar-refractivity contribution is 5.79. The van der Waals surface area contributed by atoms with Gasteiger partial charge in [-0.1, -0.05) is 31.5 Å². The zero-order valence-electron chi connectivity index (χ0n) is 17.2. The van der Waals surface area contributed by atoms with Crippen molar-refractivity contribution in [1.82, 2.24) is 25.4 Å². The molecule has 0 saturated heterocycles. The summed E-state index contributed by atoms with van der Waals surface area (Å²) in [5.74, 6) is 4.24. The van der Waals surface area contributed by atoms with Gasteiger partial charge in [-0.2, -0.15) is 0 Å². The van der Waals surface area contributed by atoms with E-state index in [0.29, 0.717) is 13.1 Å². The average molecular weight is 385 g/mol. The first kappa shape index (κ1) is 20.2. The Morgan fingerprint density at radius 3 is 2.79 bits per heavy atom. The summed E-state index contributed by atoms with van der Waals surface area (Å²) in [4.78, 5) is 4.78. The SMILES string of the molecule is CCCCNC(=NCc1ccccc1OCC1CC1)NCc1nnc(C)n1C. The second-order valence-corrected chi connectivity index (χ2v) is 7.38. The van der Waals surface area contributed by atoms with Crippen LogP contribution in [0.5, 0.6) is 5.75 Å². The van der Waals surface area contributed by atoms with Crippen LogP contribution in [0, 0.1) is 12.8 Å². The van der Waals surface area contributed by atoms with Crippen LogP contribution < -0.4 is 15.4 Å². The average Bonchev–Trinajstić information content (AvgIpc) is 3.49. The number of benzene rings is 1. The van der Waals surface area contributed by atoms with Gasteiger partial charge in [-0.3, -0.25) is 0 Å². The number of nitrogens with one attached hydrogen (secondary N) is 2. The Hall–Kier alpha value is -2.57. The molecule has 1 aliphatic rings. The second kappa shape index (κ2) is 10.1. The number of ether oxygens (including phenoxy) is 1. The van der Waals surface area contributed by atoms with Gasteiger partial charge in [-0.25, -0.2) is 4.99 Å². The molecule has 28 heavy (non-hydrogen) atoms. The van der Waals surface area contributed by atoms with Crippen molar-refractivity contribution in [2.24, 2.45) is 18.0 Å². The lowest BCUT2D eigenvalue weighted by molar-refractivity contribution is 0.297. The molecule has 0 unspecified atom stereocenters. The van der Waals surface area contributed by atoms with Crippen LogP contribution in [0.4, 0.5) is 0 Å². The number of aromatic nitrogens is 3. The van der Waals surface area contributed by atoms with Crippen LogP contribution >= 0.6 is 0 Å². The monoisotopic (exact) mass is 384 g/mol. The van der Waals surface area contributed by atoms with Gasteiger partial charge in [0.1, 0.15) is 11.6 Å². The summed E-state index contributed by atoms with van der Waals surface area (Å²) in [7, 11) is 1.97. The molecule has 2 N–H and O–H groups in total. The minimum absolute atomic E-state index is 0.570. The Balaban J connectivity index is 1.63. The zero-order chi connectivity index (χ0) is 19.8. The molecule has 2 aromatic rings. The molecule has 0 spiro atoms. The largest absolute Gasteiger partial charge is 0.493 e. The Morgan fingerprint density at radius 1 is 1.25 bits per heavy atom. The van der Waals surface area contributed by atoms with Crippen LogP contribution in [-0.4, -0.2) is 33.9 Å². The predicted molar refractivity (Wildman–Crippen MR) is 111 cm³/mol. The lowest BCUT2D eigenvalue weighted by Crippen LogP contribution is -2.38. The van der Waals surface area contributed by atoms with Crippen molar-refractivity contribution in [2.75, 3.05) is 13.2 Å². The van der Waals surface area contributed by atoms with Crippen molar-refractivity contribution >= 4 is 5.96 Å². The van der Waals surface area contributed by atoms with Gasteiger partial charge in [0.15, 0.2) is 11.8 Å². The van der Waals surface area contributed by atoms with Gasteiger partial charge in [-0.05, 0) is 38.2 Å². The third kappa shape index (κ3) is 5.97. The number of guanidine groups is 1. The minimum atomic E-state index is 0.570. The summed E-state index contributed by atoms with van der Waals surface area (Å²) in [5.41, 5.74) is 1.11. The quantitative estimate of drug-likeness (QED) is 0.374. The fourth-order valence-electron chi connectivity index (χ4n) is 2.76. The molecule has 7 heteroatoms. The van der Waals surface area contributed by atoms with Crippen molar-refractivity contribution in [2.45, 2.75) is 52.6 Å². The Bertz CT molecular complexity index is 781. The fraction of sp³-hybridized carbons (Fsp3) is 0.571. The van der Waals surface area contributed by atoms with E-state index in [4.69, 9.17) is 9.73 Å². The van der Waals surface area contributed by atoms with Gasteiger partial charge < -0.3 is 19.9 Å². The number of aliphatic imine (C=N–C) groups is 1. The van der Waals surface area contributed by atoms with Crippen LogP contribution in [0.25, 0.3) is 0 Å². The van der Waals surface area contributed by atoms with E-state index in [1.165, 1.54) is 12.8 Å². The van der Waals surface area contributed by atoms with Gasteiger partial charge in [-0.15, -0.1) is 10.2 Å². The van der Waals surface area contributed by atoms with E-state index in [9.17, 15) is 0 Å². The lowest BCUT2D eigenvalue weighted by atomic mass is 10.2. The maximum Gasteiger partial charge on any atom is 0.191 e. The smallest absolute Gasteiger partial charge is 0.191 e. The number of para-hydroxylation sites is 1. The molecule has 0 bridgehead atoms. The number of nitrogens with zero attached hydrogens (tertiary/aromatic N) is 4. The molecule has 0 atom stereocenters. The van der Waals surface area contributed by atoms with Gasteiger partial charge in [0.05, 0.1) is 19.7 Å². The maximum absolute atomic E-state index is 6.01. The van der Waals surface area contributed by atoms with Gasteiger partial charge in [0.25, 0.3) is 0 Å². The highest BCUT2D eigenvalue weighted by Crippen LogP contribution is 2.30. The first-order chi connectivity index (χ1) is 13.7. The molecular formula is C21H32N6O. The number of hydrogen-bond acceptors (Lipinski definition) is 4. The molecule has 0 aliphatic heterocycles. The molecule has 1 saturated carbocycles. The molecule has 0 amide bonds. The molecule has 0 radical (unpaired) electrons. The molecule has 3 rings (SSSR count). The summed E-state index contributed by atoms with van der Waals surface area (Å²) in [5, 5.41) is 15.1. The van der Waals surface area contributed by atoms with Crippen LogP contribution in [0.3, 0.4) is 0 Å². The maximum atomic E-state index is 6.01. The van der Waals surface area contributed by atoms with Crippen molar-refractivity contribution in [1.29, 1.82) is 0 Å². The molecule has 1 heterocycles. The Morgan fingerprint density at radius 2 is 2.07 bits per heavy atom. The van der Waals surface area contributed by atoms with Crippen LogP contribution in [-0.2, 0) is 20.1 Å². The van der Waals surface area contributed by atoms with E-state index in [-0.39, 0.29) is 0 Å². The zero-order valence-corrected chi connectivity index (χ0v) is 17.2. The first-order valence-corrected chi connectivity index (χ1v) is 10.2. The molecule has 152 valence electrons. The number of unbranched alkanes of at least 4 members (excludes halogenated alkanes) is 1. The Labute approximate surface area is 167 Å². The summed E-state index contributed by atoms with van der Waals surface area (Å²) in [6.45, 7) is 6.98. The van der Waals surface area contributed by atoms with E-state index in [1.807, 2.05) is 36.7 Å². The van der Waals surface area contributed by atoms with Crippen molar-refractivity contribution < 1.29 is 4.74 Å². The van der Waals surface area contributed by atoms with Crippen LogP contribution in [0.1, 0.15) is 49.8 Å². The Kier molecular flexibility index (Phi) is 7.28. The summed E-state index contributed by atoms with van der Waals surface area (Å²) >= 11 is 0. The highest BCUT2D eigenvalue weighted by atomic mass is 16.5. The first-order valence-electron chi connectivity index (χ1n) is 10.2. The van der Waals surface area contributed by atoms with Crippen molar-refractivity contribution in [3.05, 3.63) is 41.5 Å². The van der Waals surface area contributed by atoms with Gasteiger partial charge >= 0.3 is 0 Å². The lowest BCUT2D eigenvalue weighted by Gasteiger charge is -2.13. The van der Waals surface area contributed by atoms with E-state index in [2.05, 4.69) is 33.8 Å². The van der Waals surface area contributed by atoms with Crippen LogP contribution in [0.2, 0.25) is 0 Å². The molecular weight excluding hydrogens is 352 g/mol. The summed E-state index contributed by atoms with van der Waals surface area (Å²) < 4.78 is 7.99. The van der Waals surface area contributed by atoms with Gasteiger partial charge in [0.2, 0.25) is 0 Å². The normalized spacial score (nSPS) is 14.2. The van der Waals surface area contributed by atoms with Crippen LogP contribution in [0.15, 0.2) is 29.3 Å². The molecule has 1 aromatic carbocycles. The minimum Gasteiger partial charge on any atom is -0.493 e. The number of hydrogen-bond donors (Lipinski definition) is 2. The second-order valence-electron chi connectivity index (χ2n) is 7.38. The highest BCUT2D eigenvalue weighted by Gasteiger charge is 2.22.